The number of anilines is 1. The predicted molar refractivity (Wildman–Crippen MR) is 94.2 cm³/mol. The third-order valence-corrected chi connectivity index (χ3v) is 3.37. The molecule has 5 nitrogen and oxygen atoms in total. The second-order valence-electron chi connectivity index (χ2n) is 5.30. The Morgan fingerprint density at radius 1 is 1.00 bits per heavy atom. The highest BCUT2D eigenvalue weighted by Gasteiger charge is 2.12. The molecule has 2 aromatic carbocycles. The number of para-hydroxylation sites is 2. The third kappa shape index (κ3) is 5.43. The number of amides is 2. The van der Waals surface area contributed by atoms with Crippen LogP contribution in [0.5, 0.6) is 5.75 Å². The Bertz CT molecular complexity index is 671. The maximum atomic E-state index is 12.2. The number of hydrogen-bond acceptors (Lipinski definition) is 3. The molecular formula is C19H22N2O3. The fraction of sp³-hybridized carbons (Fsp3) is 0.263. The first kappa shape index (κ1) is 17.5. The quantitative estimate of drug-likeness (QED) is 0.732. The van der Waals surface area contributed by atoms with Gasteiger partial charge in [-0.15, -0.1) is 0 Å². The first-order valence-electron chi connectivity index (χ1n) is 8.05. The van der Waals surface area contributed by atoms with Gasteiger partial charge in [0.2, 0.25) is 0 Å². The van der Waals surface area contributed by atoms with E-state index in [4.69, 9.17) is 4.74 Å². The van der Waals surface area contributed by atoms with Gasteiger partial charge in [-0.1, -0.05) is 43.7 Å². The van der Waals surface area contributed by atoms with Crippen molar-refractivity contribution < 1.29 is 14.3 Å². The number of unbranched alkanes of at least 4 members (excludes halogenated alkanes) is 1. The standard InChI is InChI=1S/C19H22N2O3/c1-2-3-13-20-19(23)16-11-7-8-12-17(16)21-18(22)14-24-15-9-5-4-6-10-15/h4-12H,2-3,13-14H2,1H3,(H,20,23)(H,21,22). The van der Waals surface area contributed by atoms with Crippen LogP contribution < -0.4 is 15.4 Å². The minimum atomic E-state index is -0.312. The van der Waals surface area contributed by atoms with E-state index in [-0.39, 0.29) is 18.4 Å². The zero-order valence-corrected chi connectivity index (χ0v) is 13.7. The monoisotopic (exact) mass is 326 g/mol. The van der Waals surface area contributed by atoms with E-state index in [1.54, 1.807) is 36.4 Å². The molecule has 0 aromatic heterocycles. The van der Waals surface area contributed by atoms with Crippen molar-refractivity contribution in [3.05, 3.63) is 60.2 Å². The molecule has 2 amide bonds. The van der Waals surface area contributed by atoms with E-state index in [0.29, 0.717) is 23.5 Å². The SMILES string of the molecule is CCCCNC(=O)c1ccccc1NC(=O)COc1ccccc1. The molecule has 0 aliphatic rings. The molecule has 0 saturated carbocycles. The Morgan fingerprint density at radius 3 is 2.46 bits per heavy atom. The molecule has 2 rings (SSSR count). The molecule has 0 fully saturated rings. The van der Waals surface area contributed by atoms with Crippen molar-refractivity contribution in [3.63, 3.8) is 0 Å². The van der Waals surface area contributed by atoms with Crippen molar-refractivity contribution in [2.24, 2.45) is 0 Å². The van der Waals surface area contributed by atoms with Gasteiger partial charge in [0.15, 0.2) is 6.61 Å². The van der Waals surface area contributed by atoms with Gasteiger partial charge in [-0.2, -0.15) is 0 Å². The van der Waals surface area contributed by atoms with E-state index in [1.165, 1.54) is 0 Å². The van der Waals surface area contributed by atoms with E-state index < -0.39 is 0 Å². The van der Waals surface area contributed by atoms with Crippen molar-refractivity contribution in [2.75, 3.05) is 18.5 Å². The second kappa shape index (κ2) is 9.35. The Hall–Kier alpha value is -2.82. The van der Waals surface area contributed by atoms with Gasteiger partial charge < -0.3 is 15.4 Å². The van der Waals surface area contributed by atoms with Gasteiger partial charge in [0.25, 0.3) is 11.8 Å². The summed E-state index contributed by atoms with van der Waals surface area (Å²) in [6.45, 7) is 2.57. The molecule has 2 N–H and O–H groups in total. The summed E-state index contributed by atoms with van der Waals surface area (Å²) >= 11 is 0. The minimum absolute atomic E-state index is 0.115. The van der Waals surface area contributed by atoms with Crippen LogP contribution in [0, 0.1) is 0 Å². The van der Waals surface area contributed by atoms with Crippen LogP contribution in [0.1, 0.15) is 30.1 Å². The molecule has 2 aromatic rings. The Kier molecular flexibility index (Phi) is 6.83. The Labute approximate surface area is 142 Å². The van der Waals surface area contributed by atoms with Crippen LogP contribution in [0.2, 0.25) is 0 Å². The number of rotatable bonds is 8. The van der Waals surface area contributed by atoms with E-state index >= 15 is 0 Å². The van der Waals surface area contributed by atoms with Gasteiger partial charge in [-0.25, -0.2) is 0 Å². The maximum Gasteiger partial charge on any atom is 0.262 e. The summed E-state index contributed by atoms with van der Waals surface area (Å²) in [5.41, 5.74) is 0.926. The number of carbonyl (C=O) groups is 2. The van der Waals surface area contributed by atoms with E-state index in [0.717, 1.165) is 12.8 Å². The average Bonchev–Trinajstić information content (AvgIpc) is 2.61. The Morgan fingerprint density at radius 2 is 1.71 bits per heavy atom. The number of carbonyl (C=O) groups excluding carboxylic acids is 2. The van der Waals surface area contributed by atoms with Gasteiger partial charge in [-0.05, 0) is 30.7 Å². The fourth-order valence-electron chi connectivity index (χ4n) is 2.12. The molecule has 0 bridgehead atoms. The van der Waals surface area contributed by atoms with Crippen molar-refractivity contribution in [3.8, 4) is 5.75 Å². The van der Waals surface area contributed by atoms with Gasteiger partial charge in [0.05, 0.1) is 11.3 Å². The summed E-state index contributed by atoms with van der Waals surface area (Å²) in [5, 5.41) is 5.58. The first-order chi connectivity index (χ1) is 11.7. The highest BCUT2D eigenvalue weighted by Crippen LogP contribution is 2.15. The lowest BCUT2D eigenvalue weighted by molar-refractivity contribution is -0.118. The first-order valence-corrected chi connectivity index (χ1v) is 8.05. The van der Waals surface area contributed by atoms with Crippen LogP contribution in [0.4, 0.5) is 5.69 Å². The van der Waals surface area contributed by atoms with Crippen LogP contribution in [0.15, 0.2) is 54.6 Å². The summed E-state index contributed by atoms with van der Waals surface area (Å²) in [4.78, 5) is 24.3. The van der Waals surface area contributed by atoms with E-state index in [2.05, 4.69) is 17.6 Å². The molecule has 0 radical (unpaired) electrons. The molecule has 0 aliphatic carbocycles. The van der Waals surface area contributed by atoms with Crippen LogP contribution in [-0.4, -0.2) is 25.0 Å². The fourth-order valence-corrected chi connectivity index (χ4v) is 2.12. The molecule has 5 heteroatoms. The third-order valence-electron chi connectivity index (χ3n) is 3.37. The lowest BCUT2D eigenvalue weighted by atomic mass is 10.1. The average molecular weight is 326 g/mol. The highest BCUT2D eigenvalue weighted by atomic mass is 16.5. The van der Waals surface area contributed by atoms with Crippen molar-refractivity contribution >= 4 is 17.5 Å². The van der Waals surface area contributed by atoms with Crippen molar-refractivity contribution in [2.45, 2.75) is 19.8 Å². The van der Waals surface area contributed by atoms with Crippen molar-refractivity contribution in [1.29, 1.82) is 0 Å². The zero-order valence-electron chi connectivity index (χ0n) is 13.7. The number of ether oxygens (including phenoxy) is 1. The molecule has 0 unspecified atom stereocenters. The van der Waals surface area contributed by atoms with E-state index in [9.17, 15) is 9.59 Å². The summed E-state index contributed by atoms with van der Waals surface area (Å²) < 4.78 is 5.41. The lowest BCUT2D eigenvalue weighted by Crippen LogP contribution is -2.27. The normalized spacial score (nSPS) is 10.0. The van der Waals surface area contributed by atoms with E-state index in [1.807, 2.05) is 18.2 Å². The number of hydrogen-bond donors (Lipinski definition) is 2. The molecule has 0 heterocycles. The molecule has 0 aliphatic heterocycles. The highest BCUT2D eigenvalue weighted by molar-refractivity contribution is 6.04. The van der Waals surface area contributed by atoms with Gasteiger partial charge in [0.1, 0.15) is 5.75 Å². The second-order valence-corrected chi connectivity index (χ2v) is 5.30. The maximum absolute atomic E-state index is 12.2. The topological polar surface area (TPSA) is 67.4 Å². The lowest BCUT2D eigenvalue weighted by Gasteiger charge is -2.12. The molecule has 0 saturated heterocycles. The molecule has 126 valence electrons. The van der Waals surface area contributed by atoms with Crippen molar-refractivity contribution in [1.82, 2.24) is 5.32 Å². The van der Waals surface area contributed by atoms with Crippen LogP contribution in [0.25, 0.3) is 0 Å². The van der Waals surface area contributed by atoms with Gasteiger partial charge >= 0.3 is 0 Å². The molecular weight excluding hydrogens is 304 g/mol. The summed E-state index contributed by atoms with van der Waals surface area (Å²) in [6, 6.07) is 16.0. The minimum Gasteiger partial charge on any atom is -0.484 e. The number of benzene rings is 2. The molecule has 0 atom stereocenters. The largest absolute Gasteiger partial charge is 0.484 e. The van der Waals surface area contributed by atoms with Crippen LogP contribution in [0.3, 0.4) is 0 Å². The smallest absolute Gasteiger partial charge is 0.262 e. The molecule has 24 heavy (non-hydrogen) atoms. The summed E-state index contributed by atoms with van der Waals surface area (Å²) in [7, 11) is 0. The zero-order chi connectivity index (χ0) is 17.2. The number of nitrogens with one attached hydrogen (secondary N) is 2. The van der Waals surface area contributed by atoms with Gasteiger partial charge in [0, 0.05) is 6.54 Å². The summed E-state index contributed by atoms with van der Waals surface area (Å²) in [5.74, 6) is 0.120. The molecule has 0 spiro atoms. The Balaban J connectivity index is 1.94. The predicted octanol–water partition coefficient (Wildman–Crippen LogP) is 3.23. The van der Waals surface area contributed by atoms with Gasteiger partial charge in [-0.3, -0.25) is 9.59 Å². The van der Waals surface area contributed by atoms with Crippen LogP contribution in [-0.2, 0) is 4.79 Å². The van der Waals surface area contributed by atoms with Crippen LogP contribution >= 0.6 is 0 Å². The summed E-state index contributed by atoms with van der Waals surface area (Å²) in [6.07, 6.45) is 1.93.